The van der Waals surface area contributed by atoms with Crippen molar-refractivity contribution in [2.75, 3.05) is 4.90 Å². The summed E-state index contributed by atoms with van der Waals surface area (Å²) in [5, 5.41) is 5.73. The van der Waals surface area contributed by atoms with Crippen molar-refractivity contribution in [2.24, 2.45) is 0 Å². The Morgan fingerprint density at radius 3 is 2.42 bits per heavy atom. The van der Waals surface area contributed by atoms with Gasteiger partial charge in [-0.15, -0.1) is 0 Å². The van der Waals surface area contributed by atoms with Crippen molar-refractivity contribution in [3.8, 4) is 22.3 Å². The highest BCUT2D eigenvalue weighted by atomic mass is 15.2. The van der Waals surface area contributed by atoms with Gasteiger partial charge >= 0.3 is 0 Å². The Bertz CT molecular complexity index is 1420. The van der Waals surface area contributed by atoms with E-state index in [0.29, 0.717) is 12.1 Å². The molecule has 1 aliphatic heterocycles. The highest BCUT2D eigenvalue weighted by Gasteiger charge is 2.24. The molecule has 0 unspecified atom stereocenters. The lowest BCUT2D eigenvalue weighted by molar-refractivity contribution is 0.414. The minimum absolute atomic E-state index is 0.587. The maximum atomic E-state index is 4.81. The van der Waals surface area contributed by atoms with Gasteiger partial charge in [-0.25, -0.2) is 9.50 Å². The van der Waals surface area contributed by atoms with Crippen molar-refractivity contribution in [1.82, 2.24) is 19.6 Å². The summed E-state index contributed by atoms with van der Waals surface area (Å²) in [4.78, 5) is 11.9. The van der Waals surface area contributed by atoms with Gasteiger partial charge in [0.15, 0.2) is 5.65 Å². The average molecular weight is 434 g/mol. The second kappa shape index (κ2) is 8.00. The lowest BCUT2D eigenvalue weighted by atomic mass is 9.96. The molecule has 2 aromatic carbocycles. The topological polar surface area (TPSA) is 46.3 Å². The second-order valence-corrected chi connectivity index (χ2v) is 9.13. The van der Waals surface area contributed by atoms with Crippen molar-refractivity contribution in [3.63, 3.8) is 0 Å². The predicted octanol–water partition coefficient (Wildman–Crippen LogP) is 6.38. The van der Waals surface area contributed by atoms with Crippen LogP contribution in [0.4, 0.5) is 5.69 Å². The summed E-state index contributed by atoms with van der Waals surface area (Å²) in [6.45, 7) is 4.67. The third-order valence-electron chi connectivity index (χ3n) is 6.98. The number of hydrogen-bond acceptors (Lipinski definition) is 4. The highest BCUT2D eigenvalue weighted by Crippen LogP contribution is 2.33. The Hall–Kier alpha value is -3.73. The number of rotatable bonds is 3. The molecule has 0 amide bonds. The zero-order valence-corrected chi connectivity index (χ0v) is 19.0. The Balaban J connectivity index is 1.35. The number of benzene rings is 2. The van der Waals surface area contributed by atoms with Crippen LogP contribution >= 0.6 is 0 Å². The van der Waals surface area contributed by atoms with Crippen molar-refractivity contribution in [3.05, 3.63) is 79.4 Å². The third kappa shape index (κ3) is 3.44. The van der Waals surface area contributed by atoms with Crippen LogP contribution in [0, 0.1) is 0 Å². The van der Waals surface area contributed by atoms with E-state index in [1.165, 1.54) is 24.9 Å². The van der Waals surface area contributed by atoms with Crippen molar-refractivity contribution < 1.29 is 0 Å². The SMILES string of the molecule is C[C@@H]1CCC[C@H](C)N1c1ccc(-c2cnc3c(-c4cccc5ncccc45)cnn3c2)cc1. The minimum atomic E-state index is 0.587. The van der Waals surface area contributed by atoms with Crippen LogP contribution in [0.5, 0.6) is 0 Å². The molecule has 0 radical (unpaired) electrons. The summed E-state index contributed by atoms with van der Waals surface area (Å²) >= 11 is 0. The molecule has 33 heavy (non-hydrogen) atoms. The molecular formula is C28H27N5. The Morgan fingerprint density at radius 1 is 0.788 bits per heavy atom. The van der Waals surface area contributed by atoms with E-state index in [-0.39, 0.29) is 0 Å². The molecule has 5 nitrogen and oxygen atoms in total. The summed E-state index contributed by atoms with van der Waals surface area (Å²) in [6, 6.07) is 20.3. The van der Waals surface area contributed by atoms with Crippen LogP contribution in [-0.2, 0) is 0 Å². The number of nitrogens with zero attached hydrogens (tertiary/aromatic N) is 5. The number of piperidine rings is 1. The Morgan fingerprint density at radius 2 is 1.61 bits per heavy atom. The fourth-order valence-corrected chi connectivity index (χ4v) is 5.31. The maximum Gasteiger partial charge on any atom is 0.162 e. The monoisotopic (exact) mass is 433 g/mol. The molecule has 0 bridgehead atoms. The van der Waals surface area contributed by atoms with Crippen LogP contribution < -0.4 is 4.90 Å². The zero-order chi connectivity index (χ0) is 22.4. The van der Waals surface area contributed by atoms with E-state index < -0.39 is 0 Å². The summed E-state index contributed by atoms with van der Waals surface area (Å²) in [5.74, 6) is 0. The van der Waals surface area contributed by atoms with Gasteiger partial charge in [-0.2, -0.15) is 5.10 Å². The maximum absolute atomic E-state index is 4.81. The van der Waals surface area contributed by atoms with E-state index in [2.05, 4.69) is 71.4 Å². The van der Waals surface area contributed by atoms with Crippen LogP contribution in [0.25, 0.3) is 38.8 Å². The molecule has 3 aromatic heterocycles. The molecule has 6 rings (SSSR count). The molecule has 5 heteroatoms. The van der Waals surface area contributed by atoms with Gasteiger partial charge in [0, 0.05) is 52.9 Å². The van der Waals surface area contributed by atoms with E-state index in [1.807, 2.05) is 41.3 Å². The molecule has 5 aromatic rings. The van der Waals surface area contributed by atoms with E-state index in [9.17, 15) is 0 Å². The standard InChI is InChI=1S/C28H27N5/c1-19-6-3-7-20(2)33(19)23-13-11-21(12-14-23)22-16-30-28-26(17-31-32(28)18-22)24-8-4-10-27-25(24)9-5-15-29-27/h4-5,8-20H,3,6-7H2,1-2H3/t19-,20+. The molecule has 1 aliphatic rings. The van der Waals surface area contributed by atoms with Gasteiger partial charge in [-0.05, 0) is 68.5 Å². The number of hydrogen-bond donors (Lipinski definition) is 0. The van der Waals surface area contributed by atoms with Crippen molar-refractivity contribution in [1.29, 1.82) is 0 Å². The normalized spacial score (nSPS) is 18.8. The lowest BCUT2D eigenvalue weighted by Gasteiger charge is -2.41. The summed E-state index contributed by atoms with van der Waals surface area (Å²) in [5.41, 5.74) is 7.46. The second-order valence-electron chi connectivity index (χ2n) is 9.13. The highest BCUT2D eigenvalue weighted by molar-refractivity contribution is 5.97. The first-order valence-electron chi connectivity index (χ1n) is 11.8. The lowest BCUT2D eigenvalue weighted by Crippen LogP contribution is -2.43. The largest absolute Gasteiger partial charge is 0.366 e. The van der Waals surface area contributed by atoms with Crippen LogP contribution in [0.1, 0.15) is 33.1 Å². The quantitative estimate of drug-likeness (QED) is 0.331. The zero-order valence-electron chi connectivity index (χ0n) is 19.0. The van der Waals surface area contributed by atoms with Crippen LogP contribution in [0.15, 0.2) is 79.4 Å². The number of anilines is 1. The van der Waals surface area contributed by atoms with Crippen molar-refractivity contribution in [2.45, 2.75) is 45.2 Å². The molecule has 164 valence electrons. The molecule has 1 fully saturated rings. The van der Waals surface area contributed by atoms with E-state index >= 15 is 0 Å². The molecular weight excluding hydrogens is 406 g/mol. The average Bonchev–Trinajstić information content (AvgIpc) is 3.27. The third-order valence-corrected chi connectivity index (χ3v) is 6.98. The molecule has 1 saturated heterocycles. The Kier molecular flexibility index (Phi) is 4.83. The first-order chi connectivity index (χ1) is 16.2. The molecule has 4 heterocycles. The van der Waals surface area contributed by atoms with Gasteiger partial charge in [0.05, 0.1) is 11.7 Å². The van der Waals surface area contributed by atoms with Gasteiger partial charge < -0.3 is 4.90 Å². The fraction of sp³-hybridized carbons (Fsp3) is 0.250. The van der Waals surface area contributed by atoms with Crippen LogP contribution in [-0.4, -0.2) is 31.7 Å². The summed E-state index contributed by atoms with van der Waals surface area (Å²) in [7, 11) is 0. The predicted molar refractivity (Wildman–Crippen MR) is 134 cm³/mol. The van der Waals surface area contributed by atoms with E-state index in [4.69, 9.17) is 4.98 Å². The minimum Gasteiger partial charge on any atom is -0.366 e. The summed E-state index contributed by atoms with van der Waals surface area (Å²) in [6.07, 6.45) is 11.6. The smallest absolute Gasteiger partial charge is 0.162 e. The van der Waals surface area contributed by atoms with Gasteiger partial charge in [0.1, 0.15) is 0 Å². The number of pyridine rings is 1. The molecule has 0 spiro atoms. The first kappa shape index (κ1) is 19.9. The van der Waals surface area contributed by atoms with Gasteiger partial charge in [-0.1, -0.05) is 30.3 Å². The first-order valence-corrected chi connectivity index (χ1v) is 11.8. The van der Waals surface area contributed by atoms with Crippen molar-refractivity contribution >= 4 is 22.2 Å². The molecule has 0 aliphatic carbocycles. The number of fused-ring (bicyclic) bond motifs is 2. The van der Waals surface area contributed by atoms with Gasteiger partial charge in [0.25, 0.3) is 0 Å². The van der Waals surface area contributed by atoms with E-state index in [1.54, 1.807) is 0 Å². The fourth-order valence-electron chi connectivity index (χ4n) is 5.31. The van der Waals surface area contributed by atoms with Gasteiger partial charge in [0.2, 0.25) is 0 Å². The number of aromatic nitrogens is 4. The molecule has 0 N–H and O–H groups in total. The van der Waals surface area contributed by atoms with Crippen LogP contribution in [0.3, 0.4) is 0 Å². The van der Waals surface area contributed by atoms with Crippen LogP contribution in [0.2, 0.25) is 0 Å². The Labute approximate surface area is 193 Å². The molecule has 2 atom stereocenters. The summed E-state index contributed by atoms with van der Waals surface area (Å²) < 4.78 is 1.88. The van der Waals surface area contributed by atoms with E-state index in [0.717, 1.165) is 38.8 Å². The van der Waals surface area contributed by atoms with Gasteiger partial charge in [-0.3, -0.25) is 4.98 Å². The molecule has 0 saturated carbocycles.